The summed E-state index contributed by atoms with van der Waals surface area (Å²) in [5.74, 6) is 0.864. The molecular formula is C33H31N5O3. The van der Waals surface area contributed by atoms with E-state index in [4.69, 9.17) is 20.6 Å². The highest BCUT2D eigenvalue weighted by Crippen LogP contribution is 2.32. The Morgan fingerprint density at radius 3 is 2.46 bits per heavy atom. The first kappa shape index (κ1) is 27.2. The summed E-state index contributed by atoms with van der Waals surface area (Å²) >= 11 is 0. The van der Waals surface area contributed by atoms with Crippen molar-refractivity contribution in [3.05, 3.63) is 132 Å². The maximum Gasteiger partial charge on any atom is 0.247 e. The summed E-state index contributed by atoms with van der Waals surface area (Å²) < 4.78 is 11.8. The van der Waals surface area contributed by atoms with Crippen molar-refractivity contribution in [3.63, 3.8) is 0 Å². The van der Waals surface area contributed by atoms with Gasteiger partial charge < -0.3 is 25.8 Å². The number of nitrogens with one attached hydrogen (secondary N) is 3. The number of ether oxygens (including phenoxy) is 2. The minimum Gasteiger partial charge on any atom is -0.493 e. The molecule has 0 unspecified atom stereocenters. The summed E-state index contributed by atoms with van der Waals surface area (Å²) in [6.07, 6.45) is 3.60. The largest absolute Gasteiger partial charge is 0.493 e. The Balaban J connectivity index is 1.37. The van der Waals surface area contributed by atoms with Crippen molar-refractivity contribution in [1.29, 1.82) is 5.41 Å². The van der Waals surface area contributed by atoms with Gasteiger partial charge in [0.05, 0.1) is 7.11 Å². The van der Waals surface area contributed by atoms with E-state index in [1.54, 1.807) is 37.6 Å². The normalized spacial score (nSPS) is 11.4. The van der Waals surface area contributed by atoms with Gasteiger partial charge in [-0.15, -0.1) is 0 Å². The molecule has 1 aromatic heterocycles. The van der Waals surface area contributed by atoms with Gasteiger partial charge in [0.1, 0.15) is 18.5 Å². The Morgan fingerprint density at radius 1 is 0.902 bits per heavy atom. The standard InChI is InChI=1S/C33H31N5O3/c1-40-30-18-26(11-14-29(30)41-21-23-7-8-27-20-36-16-15-25(27)17-23)31(33(39)37-19-22-5-3-2-4-6-22)38-28-12-9-24(10-13-28)32(34)35/h2-18,20,31,38H,19,21H2,1H3,(H3,34,35)(H,37,39)/t31-/m1/s1. The molecule has 0 aliphatic rings. The lowest BCUT2D eigenvalue weighted by atomic mass is 10.0. The molecule has 0 fully saturated rings. The lowest BCUT2D eigenvalue weighted by Gasteiger charge is -2.22. The summed E-state index contributed by atoms with van der Waals surface area (Å²) in [6.45, 7) is 0.747. The molecule has 0 bridgehead atoms. The third kappa shape index (κ3) is 6.80. The molecule has 41 heavy (non-hydrogen) atoms. The topological polar surface area (TPSA) is 122 Å². The summed E-state index contributed by atoms with van der Waals surface area (Å²) in [7, 11) is 1.58. The summed E-state index contributed by atoms with van der Waals surface area (Å²) in [5.41, 5.74) is 9.63. The highest BCUT2D eigenvalue weighted by atomic mass is 16.5. The number of amidine groups is 1. The molecule has 0 saturated heterocycles. The maximum absolute atomic E-state index is 13.5. The molecule has 5 N–H and O–H groups in total. The lowest BCUT2D eigenvalue weighted by molar-refractivity contribution is -0.122. The molecule has 5 rings (SSSR count). The number of amides is 1. The molecule has 5 aromatic rings. The number of nitrogen functional groups attached to an aromatic ring is 1. The lowest BCUT2D eigenvalue weighted by Crippen LogP contribution is -2.33. The molecule has 8 heteroatoms. The van der Waals surface area contributed by atoms with Crippen LogP contribution in [0, 0.1) is 5.41 Å². The first-order chi connectivity index (χ1) is 20.0. The van der Waals surface area contributed by atoms with Crippen LogP contribution in [0.3, 0.4) is 0 Å². The van der Waals surface area contributed by atoms with Gasteiger partial charge >= 0.3 is 0 Å². The fraction of sp³-hybridized carbons (Fsp3) is 0.121. The van der Waals surface area contributed by atoms with Crippen LogP contribution in [0.25, 0.3) is 10.8 Å². The Bertz CT molecular complexity index is 1660. The number of rotatable bonds is 11. The second-order valence-electron chi connectivity index (χ2n) is 9.53. The molecule has 1 atom stereocenters. The van der Waals surface area contributed by atoms with Crippen molar-refractivity contribution in [1.82, 2.24) is 10.3 Å². The fourth-order valence-corrected chi connectivity index (χ4v) is 4.47. The Labute approximate surface area is 238 Å². The number of anilines is 1. The number of carbonyl (C=O) groups is 1. The molecule has 206 valence electrons. The molecule has 4 aromatic carbocycles. The maximum atomic E-state index is 13.5. The first-order valence-electron chi connectivity index (χ1n) is 13.2. The highest BCUT2D eigenvalue weighted by molar-refractivity contribution is 5.95. The number of aromatic nitrogens is 1. The summed E-state index contributed by atoms with van der Waals surface area (Å²) in [5, 5.41) is 16.1. The second-order valence-corrected chi connectivity index (χ2v) is 9.53. The number of fused-ring (bicyclic) bond motifs is 1. The number of hydrogen-bond acceptors (Lipinski definition) is 6. The van der Waals surface area contributed by atoms with Crippen molar-refractivity contribution in [2.75, 3.05) is 12.4 Å². The third-order valence-corrected chi connectivity index (χ3v) is 6.70. The zero-order valence-corrected chi connectivity index (χ0v) is 22.6. The SMILES string of the molecule is COc1cc([C@@H](Nc2ccc(C(=N)N)cc2)C(=O)NCc2ccccc2)ccc1OCc1ccc2cnccc2c1. The van der Waals surface area contributed by atoms with Crippen LogP contribution in [0.2, 0.25) is 0 Å². The predicted octanol–water partition coefficient (Wildman–Crippen LogP) is 5.58. The number of carbonyl (C=O) groups excluding carboxylic acids is 1. The number of hydrogen-bond donors (Lipinski definition) is 4. The Hall–Kier alpha value is -5.37. The number of benzene rings is 4. The van der Waals surface area contributed by atoms with E-state index in [0.29, 0.717) is 41.5 Å². The zero-order valence-electron chi connectivity index (χ0n) is 22.6. The summed E-state index contributed by atoms with van der Waals surface area (Å²) in [4.78, 5) is 17.7. The van der Waals surface area contributed by atoms with Crippen molar-refractivity contribution in [3.8, 4) is 11.5 Å². The van der Waals surface area contributed by atoms with Crippen LogP contribution in [0.4, 0.5) is 5.69 Å². The van der Waals surface area contributed by atoms with Gasteiger partial charge in [0.25, 0.3) is 0 Å². The van der Waals surface area contributed by atoms with Crippen LogP contribution in [0.5, 0.6) is 11.5 Å². The van der Waals surface area contributed by atoms with Crippen LogP contribution in [-0.2, 0) is 17.9 Å². The van der Waals surface area contributed by atoms with E-state index in [1.165, 1.54) is 0 Å². The number of nitrogens with two attached hydrogens (primary N) is 1. The zero-order chi connectivity index (χ0) is 28.6. The second kappa shape index (κ2) is 12.7. The van der Waals surface area contributed by atoms with E-state index in [0.717, 1.165) is 21.9 Å². The average molecular weight is 546 g/mol. The van der Waals surface area contributed by atoms with Crippen LogP contribution in [0.1, 0.15) is 28.3 Å². The van der Waals surface area contributed by atoms with Gasteiger partial charge in [-0.25, -0.2) is 0 Å². The van der Waals surface area contributed by atoms with Gasteiger partial charge in [-0.2, -0.15) is 0 Å². The molecule has 8 nitrogen and oxygen atoms in total. The molecule has 0 spiro atoms. The average Bonchev–Trinajstić information content (AvgIpc) is 3.02. The predicted molar refractivity (Wildman–Crippen MR) is 161 cm³/mol. The van der Waals surface area contributed by atoms with Crippen LogP contribution < -0.4 is 25.8 Å². The van der Waals surface area contributed by atoms with Crippen LogP contribution in [0.15, 0.2) is 109 Å². The molecule has 0 aliphatic heterocycles. The summed E-state index contributed by atoms with van der Waals surface area (Å²) in [6, 6.07) is 29.6. The smallest absolute Gasteiger partial charge is 0.247 e. The Morgan fingerprint density at radius 2 is 1.71 bits per heavy atom. The van der Waals surface area contributed by atoms with E-state index in [-0.39, 0.29) is 11.7 Å². The molecule has 0 aliphatic carbocycles. The number of methoxy groups -OCH3 is 1. The van der Waals surface area contributed by atoms with Crippen LogP contribution >= 0.6 is 0 Å². The van der Waals surface area contributed by atoms with Crippen molar-refractivity contribution >= 4 is 28.2 Å². The van der Waals surface area contributed by atoms with E-state index < -0.39 is 6.04 Å². The van der Waals surface area contributed by atoms with Gasteiger partial charge in [0, 0.05) is 35.6 Å². The fourth-order valence-electron chi connectivity index (χ4n) is 4.47. The molecule has 0 radical (unpaired) electrons. The van der Waals surface area contributed by atoms with Gasteiger partial charge in [0.15, 0.2) is 11.5 Å². The molecule has 1 amide bonds. The first-order valence-corrected chi connectivity index (χ1v) is 13.2. The van der Waals surface area contributed by atoms with Gasteiger partial charge in [-0.1, -0.05) is 48.5 Å². The Kier molecular flexibility index (Phi) is 8.40. The monoisotopic (exact) mass is 545 g/mol. The van der Waals surface area contributed by atoms with Gasteiger partial charge in [-0.3, -0.25) is 15.2 Å². The minimum atomic E-state index is -0.723. The van der Waals surface area contributed by atoms with E-state index in [9.17, 15) is 4.79 Å². The van der Waals surface area contributed by atoms with E-state index >= 15 is 0 Å². The molecule has 0 saturated carbocycles. The van der Waals surface area contributed by atoms with Gasteiger partial charge in [0.2, 0.25) is 5.91 Å². The number of pyridine rings is 1. The van der Waals surface area contributed by atoms with Crippen molar-refractivity contribution in [2.45, 2.75) is 19.2 Å². The van der Waals surface area contributed by atoms with Crippen molar-refractivity contribution < 1.29 is 14.3 Å². The molecular weight excluding hydrogens is 514 g/mol. The van der Waals surface area contributed by atoms with Gasteiger partial charge in [-0.05, 0) is 70.6 Å². The van der Waals surface area contributed by atoms with E-state index in [2.05, 4.69) is 21.7 Å². The minimum absolute atomic E-state index is 0.0188. The van der Waals surface area contributed by atoms with Crippen molar-refractivity contribution in [2.24, 2.45) is 5.73 Å². The number of nitrogens with zero attached hydrogens (tertiary/aromatic N) is 1. The quantitative estimate of drug-likeness (QED) is 0.127. The highest BCUT2D eigenvalue weighted by Gasteiger charge is 2.22. The third-order valence-electron chi connectivity index (χ3n) is 6.70. The van der Waals surface area contributed by atoms with Crippen LogP contribution in [-0.4, -0.2) is 23.8 Å². The van der Waals surface area contributed by atoms with E-state index in [1.807, 2.05) is 72.9 Å². The molecule has 1 heterocycles.